The number of hydroxylamine groups is 2. The minimum Gasteiger partial charge on any atom is -0.481 e. The summed E-state index contributed by atoms with van der Waals surface area (Å²) in [5.74, 6) is -1.65. The summed E-state index contributed by atoms with van der Waals surface area (Å²) >= 11 is 0. The molecule has 10 nitrogen and oxygen atoms in total. The van der Waals surface area contributed by atoms with Gasteiger partial charge in [-0.15, -0.1) is 5.06 Å². The molecule has 26 heavy (non-hydrogen) atoms. The molecule has 0 aromatic heterocycles. The normalized spacial score (nSPS) is 17.6. The molecular formula is C16H20N2O8. The first-order valence-corrected chi connectivity index (χ1v) is 8.04. The first-order valence-electron chi connectivity index (χ1n) is 8.04. The van der Waals surface area contributed by atoms with E-state index in [-0.39, 0.29) is 37.8 Å². The third-order valence-electron chi connectivity index (χ3n) is 3.60. The minimum atomic E-state index is -1.05. The molecule has 1 N–H and O–H groups in total. The number of nitro groups is 1. The number of rotatable bonds is 9. The number of aliphatic carboxylic acids is 1. The molecule has 0 saturated carbocycles. The molecule has 1 aromatic rings. The summed E-state index contributed by atoms with van der Waals surface area (Å²) in [6, 6.07) is 6.06. The molecule has 1 fully saturated rings. The number of nitrogens with zero attached hydrogens (tertiary/aromatic N) is 2. The SMILES string of the molecule is O=C(O)CCC(=O)ON1CCOC(COCc2ccc([N+](=O)[O-])cc2)C1. The maximum Gasteiger partial charge on any atom is 0.325 e. The van der Waals surface area contributed by atoms with Crippen LogP contribution in [0.15, 0.2) is 24.3 Å². The number of nitro benzene ring substituents is 1. The Bertz CT molecular complexity index is 634. The number of benzene rings is 1. The first-order chi connectivity index (χ1) is 12.4. The van der Waals surface area contributed by atoms with Crippen molar-refractivity contribution in [2.75, 3.05) is 26.3 Å². The van der Waals surface area contributed by atoms with Crippen molar-refractivity contribution in [2.24, 2.45) is 0 Å². The van der Waals surface area contributed by atoms with E-state index in [1.807, 2.05) is 0 Å². The van der Waals surface area contributed by atoms with Gasteiger partial charge in [0.2, 0.25) is 0 Å². The van der Waals surface area contributed by atoms with Gasteiger partial charge in [-0.2, -0.15) is 0 Å². The zero-order valence-corrected chi connectivity index (χ0v) is 14.0. The van der Waals surface area contributed by atoms with Crippen molar-refractivity contribution in [1.82, 2.24) is 5.06 Å². The number of carboxylic acids is 1. The Morgan fingerprint density at radius 2 is 2.04 bits per heavy atom. The monoisotopic (exact) mass is 368 g/mol. The molecule has 1 aliphatic rings. The predicted octanol–water partition coefficient (Wildman–Crippen LogP) is 1.14. The summed E-state index contributed by atoms with van der Waals surface area (Å²) in [6.45, 7) is 1.62. The molecule has 0 bridgehead atoms. The fraction of sp³-hybridized carbons (Fsp3) is 0.500. The fourth-order valence-corrected chi connectivity index (χ4v) is 2.30. The van der Waals surface area contributed by atoms with Gasteiger partial charge in [-0.05, 0) is 17.7 Å². The van der Waals surface area contributed by atoms with E-state index in [0.29, 0.717) is 19.7 Å². The van der Waals surface area contributed by atoms with Crippen molar-refractivity contribution in [2.45, 2.75) is 25.6 Å². The quantitative estimate of drug-likeness (QED) is 0.504. The van der Waals surface area contributed by atoms with Crippen molar-refractivity contribution in [1.29, 1.82) is 0 Å². The zero-order valence-electron chi connectivity index (χ0n) is 14.0. The zero-order chi connectivity index (χ0) is 18.9. The van der Waals surface area contributed by atoms with Gasteiger partial charge in [0, 0.05) is 12.1 Å². The van der Waals surface area contributed by atoms with Crippen LogP contribution in [0.4, 0.5) is 5.69 Å². The average molecular weight is 368 g/mol. The standard InChI is InChI=1S/C16H20N2O8/c19-15(20)5-6-16(21)26-17-7-8-25-14(9-17)11-24-10-12-1-3-13(4-2-12)18(22)23/h1-4,14H,5-11H2,(H,19,20). The number of ether oxygens (including phenoxy) is 2. The molecule has 1 unspecified atom stereocenters. The summed E-state index contributed by atoms with van der Waals surface area (Å²) in [7, 11) is 0. The second-order valence-corrected chi connectivity index (χ2v) is 5.68. The molecule has 1 aliphatic heterocycles. The number of carbonyl (C=O) groups excluding carboxylic acids is 1. The lowest BCUT2D eigenvalue weighted by molar-refractivity contribution is -0.384. The summed E-state index contributed by atoms with van der Waals surface area (Å²) in [5, 5.41) is 20.6. The van der Waals surface area contributed by atoms with Gasteiger partial charge in [-0.1, -0.05) is 0 Å². The highest BCUT2D eigenvalue weighted by Crippen LogP contribution is 2.13. The van der Waals surface area contributed by atoms with Crippen molar-refractivity contribution < 1.29 is 33.9 Å². The Hall–Kier alpha value is -2.56. The van der Waals surface area contributed by atoms with Gasteiger partial charge in [0.15, 0.2) is 0 Å². The lowest BCUT2D eigenvalue weighted by Crippen LogP contribution is -2.45. The van der Waals surface area contributed by atoms with Crippen LogP contribution in [-0.2, 0) is 30.5 Å². The number of carbonyl (C=O) groups is 2. The highest BCUT2D eigenvalue weighted by atomic mass is 16.7. The molecule has 1 aromatic carbocycles. The fourth-order valence-electron chi connectivity index (χ4n) is 2.30. The first kappa shape index (κ1) is 19.8. The Morgan fingerprint density at radius 1 is 1.31 bits per heavy atom. The van der Waals surface area contributed by atoms with Crippen LogP contribution in [-0.4, -0.2) is 59.4 Å². The van der Waals surface area contributed by atoms with Gasteiger partial charge < -0.3 is 19.4 Å². The van der Waals surface area contributed by atoms with Crippen molar-refractivity contribution in [3.8, 4) is 0 Å². The van der Waals surface area contributed by atoms with Gasteiger partial charge in [-0.25, -0.2) is 0 Å². The van der Waals surface area contributed by atoms with E-state index in [4.69, 9.17) is 19.4 Å². The summed E-state index contributed by atoms with van der Waals surface area (Å²) in [5.41, 5.74) is 0.813. The van der Waals surface area contributed by atoms with E-state index >= 15 is 0 Å². The lowest BCUT2D eigenvalue weighted by atomic mass is 10.2. The summed E-state index contributed by atoms with van der Waals surface area (Å²) in [6.07, 6.45) is -0.757. The van der Waals surface area contributed by atoms with Crippen LogP contribution in [0.1, 0.15) is 18.4 Å². The Balaban J connectivity index is 1.70. The largest absolute Gasteiger partial charge is 0.481 e. The van der Waals surface area contributed by atoms with E-state index in [2.05, 4.69) is 0 Å². The van der Waals surface area contributed by atoms with Crippen molar-refractivity contribution in [3.05, 3.63) is 39.9 Å². The number of non-ortho nitro benzene ring substituents is 1. The van der Waals surface area contributed by atoms with Crippen LogP contribution in [0.25, 0.3) is 0 Å². The molecule has 0 spiro atoms. The maximum atomic E-state index is 11.5. The third-order valence-corrected chi connectivity index (χ3v) is 3.60. The average Bonchev–Trinajstić information content (AvgIpc) is 2.61. The Kier molecular flexibility index (Phi) is 7.45. The third kappa shape index (κ3) is 6.75. The summed E-state index contributed by atoms with van der Waals surface area (Å²) < 4.78 is 11.1. The van der Waals surface area contributed by atoms with E-state index in [1.54, 1.807) is 12.1 Å². The van der Waals surface area contributed by atoms with Gasteiger partial charge in [0.1, 0.15) is 0 Å². The van der Waals surface area contributed by atoms with Crippen LogP contribution in [0, 0.1) is 10.1 Å². The van der Waals surface area contributed by atoms with E-state index in [0.717, 1.165) is 5.56 Å². The van der Waals surface area contributed by atoms with Crippen molar-refractivity contribution >= 4 is 17.6 Å². The molecule has 142 valence electrons. The number of hydrogen-bond acceptors (Lipinski definition) is 8. The number of carboxylic acid groups (broad SMARTS) is 1. The smallest absolute Gasteiger partial charge is 0.325 e. The van der Waals surface area contributed by atoms with Crippen LogP contribution in [0.2, 0.25) is 0 Å². The van der Waals surface area contributed by atoms with Crippen LogP contribution < -0.4 is 0 Å². The molecule has 2 rings (SSSR count). The van der Waals surface area contributed by atoms with E-state index < -0.39 is 16.9 Å². The lowest BCUT2D eigenvalue weighted by Gasteiger charge is -2.31. The molecule has 0 aliphatic carbocycles. The number of morpholine rings is 1. The molecule has 1 atom stereocenters. The second-order valence-electron chi connectivity index (χ2n) is 5.68. The highest BCUT2D eigenvalue weighted by molar-refractivity contribution is 5.76. The van der Waals surface area contributed by atoms with Gasteiger partial charge in [0.25, 0.3) is 5.69 Å². The topological polar surface area (TPSA) is 128 Å². The molecule has 10 heteroatoms. The minimum absolute atomic E-state index is 0.0183. The molecule has 0 radical (unpaired) electrons. The summed E-state index contributed by atoms with van der Waals surface area (Å²) in [4.78, 5) is 37.2. The van der Waals surface area contributed by atoms with Gasteiger partial charge in [0.05, 0.1) is 56.8 Å². The molecule has 1 saturated heterocycles. The van der Waals surface area contributed by atoms with Crippen LogP contribution in [0.5, 0.6) is 0 Å². The van der Waals surface area contributed by atoms with Gasteiger partial charge >= 0.3 is 11.9 Å². The highest BCUT2D eigenvalue weighted by Gasteiger charge is 2.24. The Labute approximate surface area is 149 Å². The van der Waals surface area contributed by atoms with Crippen LogP contribution >= 0.6 is 0 Å². The number of hydrogen-bond donors (Lipinski definition) is 1. The van der Waals surface area contributed by atoms with Gasteiger partial charge in [-0.3, -0.25) is 19.7 Å². The Morgan fingerprint density at radius 3 is 2.69 bits per heavy atom. The second kappa shape index (κ2) is 9.80. The predicted molar refractivity (Wildman–Crippen MR) is 87.0 cm³/mol. The van der Waals surface area contributed by atoms with E-state index in [9.17, 15) is 19.7 Å². The molecular weight excluding hydrogens is 348 g/mol. The van der Waals surface area contributed by atoms with Crippen LogP contribution in [0.3, 0.4) is 0 Å². The molecule has 1 heterocycles. The molecule has 0 amide bonds. The maximum absolute atomic E-state index is 11.5. The van der Waals surface area contributed by atoms with E-state index in [1.165, 1.54) is 17.2 Å². The van der Waals surface area contributed by atoms with Crippen molar-refractivity contribution in [3.63, 3.8) is 0 Å².